The predicted molar refractivity (Wildman–Crippen MR) is 68.9 cm³/mol. The van der Waals surface area contributed by atoms with Gasteiger partial charge in [0.05, 0.1) is 0 Å². The molecule has 0 radical (unpaired) electrons. The topological polar surface area (TPSA) is 0 Å². The molecule has 4 unspecified atom stereocenters. The standard InChI is InChI=1S/C15H30/c1-6-11(2)8-7-9-12(3)10-15-13(4)14(15)5/h11-15H,6-10H2,1-5H3. The first-order chi connectivity index (χ1) is 7.06. The molecule has 1 rings (SSSR count). The first-order valence-electron chi connectivity index (χ1n) is 7.06. The van der Waals surface area contributed by atoms with Crippen LogP contribution in [0.25, 0.3) is 0 Å². The van der Waals surface area contributed by atoms with E-state index in [1.54, 1.807) is 0 Å². The summed E-state index contributed by atoms with van der Waals surface area (Å²) in [6, 6.07) is 0. The molecule has 0 heteroatoms. The Morgan fingerprint density at radius 2 is 1.47 bits per heavy atom. The van der Waals surface area contributed by atoms with Gasteiger partial charge < -0.3 is 0 Å². The van der Waals surface area contributed by atoms with Crippen LogP contribution < -0.4 is 0 Å². The zero-order valence-electron chi connectivity index (χ0n) is 11.4. The number of hydrogen-bond donors (Lipinski definition) is 0. The summed E-state index contributed by atoms with van der Waals surface area (Å²) in [6.07, 6.45) is 7.19. The lowest BCUT2D eigenvalue weighted by Crippen LogP contribution is -1.99. The minimum absolute atomic E-state index is 0.941. The maximum atomic E-state index is 2.45. The lowest BCUT2D eigenvalue weighted by molar-refractivity contribution is 0.396. The van der Waals surface area contributed by atoms with Crippen molar-refractivity contribution < 1.29 is 0 Å². The Hall–Kier alpha value is 0. The van der Waals surface area contributed by atoms with E-state index >= 15 is 0 Å². The fourth-order valence-electron chi connectivity index (χ4n) is 2.80. The van der Waals surface area contributed by atoms with Gasteiger partial charge in [0.1, 0.15) is 0 Å². The van der Waals surface area contributed by atoms with Crippen LogP contribution in [0.3, 0.4) is 0 Å². The molecule has 0 N–H and O–H groups in total. The third-order valence-corrected chi connectivity index (χ3v) is 4.80. The summed E-state index contributed by atoms with van der Waals surface area (Å²) in [5.41, 5.74) is 0. The van der Waals surface area contributed by atoms with E-state index in [-0.39, 0.29) is 0 Å². The molecule has 0 bridgehead atoms. The SMILES string of the molecule is CCC(C)CCCC(C)CC1C(C)C1C. The fourth-order valence-corrected chi connectivity index (χ4v) is 2.80. The van der Waals surface area contributed by atoms with E-state index in [9.17, 15) is 0 Å². The van der Waals surface area contributed by atoms with Gasteiger partial charge in [0.2, 0.25) is 0 Å². The van der Waals surface area contributed by atoms with Crippen LogP contribution in [-0.2, 0) is 0 Å². The van der Waals surface area contributed by atoms with E-state index in [4.69, 9.17) is 0 Å². The lowest BCUT2D eigenvalue weighted by Gasteiger charge is -2.13. The van der Waals surface area contributed by atoms with Gasteiger partial charge in [-0.25, -0.2) is 0 Å². The van der Waals surface area contributed by atoms with Crippen molar-refractivity contribution in [2.75, 3.05) is 0 Å². The third-order valence-electron chi connectivity index (χ3n) is 4.80. The Balaban J connectivity index is 2.02. The van der Waals surface area contributed by atoms with Gasteiger partial charge in [-0.1, -0.05) is 60.3 Å². The highest BCUT2D eigenvalue weighted by Crippen LogP contribution is 2.49. The molecule has 0 amide bonds. The second-order valence-corrected chi connectivity index (χ2v) is 6.17. The molecule has 4 atom stereocenters. The van der Waals surface area contributed by atoms with Gasteiger partial charge in [0, 0.05) is 0 Å². The molecule has 15 heavy (non-hydrogen) atoms. The van der Waals surface area contributed by atoms with Crippen molar-refractivity contribution in [2.45, 2.75) is 66.7 Å². The van der Waals surface area contributed by atoms with Gasteiger partial charge >= 0.3 is 0 Å². The molecule has 0 spiro atoms. The van der Waals surface area contributed by atoms with E-state index in [1.807, 2.05) is 0 Å². The summed E-state index contributed by atoms with van der Waals surface area (Å²) in [6.45, 7) is 12.0. The zero-order valence-corrected chi connectivity index (χ0v) is 11.4. The van der Waals surface area contributed by atoms with Crippen LogP contribution in [0.5, 0.6) is 0 Å². The largest absolute Gasteiger partial charge is 0.0651 e. The van der Waals surface area contributed by atoms with Crippen LogP contribution in [-0.4, -0.2) is 0 Å². The molecule has 1 fully saturated rings. The van der Waals surface area contributed by atoms with E-state index in [0.717, 1.165) is 29.6 Å². The fraction of sp³-hybridized carbons (Fsp3) is 1.00. The quantitative estimate of drug-likeness (QED) is 0.546. The van der Waals surface area contributed by atoms with Crippen molar-refractivity contribution in [1.82, 2.24) is 0 Å². The van der Waals surface area contributed by atoms with E-state index in [1.165, 1.54) is 32.1 Å². The van der Waals surface area contributed by atoms with Crippen LogP contribution in [0.1, 0.15) is 66.7 Å². The Bertz CT molecular complexity index is 165. The molecule has 0 aromatic carbocycles. The van der Waals surface area contributed by atoms with Crippen molar-refractivity contribution in [3.8, 4) is 0 Å². The predicted octanol–water partition coefficient (Wildman–Crippen LogP) is 5.13. The van der Waals surface area contributed by atoms with Crippen molar-refractivity contribution in [3.05, 3.63) is 0 Å². The third kappa shape index (κ3) is 4.17. The van der Waals surface area contributed by atoms with Gasteiger partial charge in [-0.05, 0) is 36.0 Å². The van der Waals surface area contributed by atoms with Gasteiger partial charge in [-0.15, -0.1) is 0 Å². The Labute approximate surface area is 96.8 Å². The van der Waals surface area contributed by atoms with Crippen molar-refractivity contribution in [2.24, 2.45) is 29.6 Å². The second kappa shape index (κ2) is 5.92. The maximum Gasteiger partial charge on any atom is -0.0355 e. The van der Waals surface area contributed by atoms with Crippen molar-refractivity contribution in [3.63, 3.8) is 0 Å². The first kappa shape index (κ1) is 13.1. The molecular formula is C15H30. The normalized spacial score (nSPS) is 33.8. The maximum absolute atomic E-state index is 2.45. The molecule has 0 aliphatic heterocycles. The minimum Gasteiger partial charge on any atom is -0.0651 e. The van der Waals surface area contributed by atoms with Gasteiger partial charge in [0.25, 0.3) is 0 Å². The number of hydrogen-bond acceptors (Lipinski definition) is 0. The number of rotatable bonds is 7. The summed E-state index contributed by atoms with van der Waals surface area (Å²) >= 11 is 0. The van der Waals surface area contributed by atoms with E-state index in [0.29, 0.717) is 0 Å². The van der Waals surface area contributed by atoms with Crippen LogP contribution in [0.4, 0.5) is 0 Å². The molecular weight excluding hydrogens is 180 g/mol. The van der Waals surface area contributed by atoms with Crippen LogP contribution >= 0.6 is 0 Å². The Morgan fingerprint density at radius 1 is 0.933 bits per heavy atom. The van der Waals surface area contributed by atoms with E-state index < -0.39 is 0 Å². The summed E-state index contributed by atoms with van der Waals surface area (Å²) in [4.78, 5) is 0. The first-order valence-corrected chi connectivity index (χ1v) is 7.06. The molecule has 1 saturated carbocycles. The monoisotopic (exact) mass is 210 g/mol. The second-order valence-electron chi connectivity index (χ2n) is 6.17. The average molecular weight is 210 g/mol. The van der Waals surface area contributed by atoms with Crippen molar-refractivity contribution >= 4 is 0 Å². The molecule has 0 saturated heterocycles. The smallest absolute Gasteiger partial charge is 0.0355 e. The van der Waals surface area contributed by atoms with Crippen molar-refractivity contribution in [1.29, 1.82) is 0 Å². The Kier molecular flexibility index (Phi) is 5.15. The minimum atomic E-state index is 0.941. The molecule has 1 aliphatic rings. The average Bonchev–Trinajstić information content (AvgIpc) is 2.75. The summed E-state index contributed by atoms with van der Waals surface area (Å²) in [5, 5.41) is 0. The molecule has 0 aromatic rings. The highest BCUT2D eigenvalue weighted by molar-refractivity contribution is 4.91. The molecule has 1 aliphatic carbocycles. The zero-order chi connectivity index (χ0) is 11.4. The Morgan fingerprint density at radius 3 is 1.93 bits per heavy atom. The van der Waals surface area contributed by atoms with Crippen LogP contribution in [0.2, 0.25) is 0 Å². The summed E-state index contributed by atoms with van der Waals surface area (Å²) < 4.78 is 0. The molecule has 0 nitrogen and oxygen atoms in total. The van der Waals surface area contributed by atoms with Gasteiger partial charge in [0.15, 0.2) is 0 Å². The van der Waals surface area contributed by atoms with Crippen LogP contribution in [0, 0.1) is 29.6 Å². The van der Waals surface area contributed by atoms with Gasteiger partial charge in [-0.3, -0.25) is 0 Å². The van der Waals surface area contributed by atoms with Gasteiger partial charge in [-0.2, -0.15) is 0 Å². The highest BCUT2D eigenvalue weighted by atomic mass is 14.5. The van der Waals surface area contributed by atoms with Crippen LogP contribution in [0.15, 0.2) is 0 Å². The molecule has 90 valence electrons. The lowest BCUT2D eigenvalue weighted by atomic mass is 9.93. The summed E-state index contributed by atoms with van der Waals surface area (Å²) in [7, 11) is 0. The molecule has 0 aromatic heterocycles. The summed E-state index contributed by atoms with van der Waals surface area (Å²) in [5.74, 6) is 5.00. The highest BCUT2D eigenvalue weighted by Gasteiger charge is 2.42. The van der Waals surface area contributed by atoms with E-state index in [2.05, 4.69) is 34.6 Å². The molecule has 0 heterocycles.